The topological polar surface area (TPSA) is 0 Å². The fraction of sp³-hybridized carbons (Fsp3) is 0.429. The SMILES string of the molecule is C#CCCc1cc2c(cc1Cl)CCCC2. The predicted octanol–water partition coefficient (Wildman–Crippen LogP) is 3.78. The summed E-state index contributed by atoms with van der Waals surface area (Å²) in [5.74, 6) is 2.66. The van der Waals surface area contributed by atoms with Crippen molar-refractivity contribution in [2.24, 2.45) is 0 Å². The summed E-state index contributed by atoms with van der Waals surface area (Å²) in [7, 11) is 0. The van der Waals surface area contributed by atoms with Crippen LogP contribution >= 0.6 is 11.6 Å². The maximum atomic E-state index is 6.23. The van der Waals surface area contributed by atoms with Crippen molar-refractivity contribution in [3.8, 4) is 12.3 Å². The molecule has 0 aromatic heterocycles. The molecule has 0 saturated heterocycles. The van der Waals surface area contributed by atoms with Gasteiger partial charge in [-0.3, -0.25) is 0 Å². The summed E-state index contributed by atoms with van der Waals surface area (Å²) >= 11 is 6.23. The molecule has 0 saturated carbocycles. The molecule has 0 N–H and O–H groups in total. The van der Waals surface area contributed by atoms with Gasteiger partial charge in [-0.15, -0.1) is 12.3 Å². The molecule has 1 heteroatoms. The van der Waals surface area contributed by atoms with E-state index < -0.39 is 0 Å². The minimum absolute atomic E-state index is 0.776. The Bertz CT molecular complexity index is 399. The molecule has 1 aliphatic rings. The van der Waals surface area contributed by atoms with Crippen LogP contribution in [0.15, 0.2) is 12.1 Å². The molecule has 0 heterocycles. The quantitative estimate of drug-likeness (QED) is 0.663. The van der Waals surface area contributed by atoms with Crippen LogP contribution in [0.5, 0.6) is 0 Å². The van der Waals surface area contributed by atoms with E-state index in [9.17, 15) is 0 Å². The first-order valence-corrected chi connectivity index (χ1v) is 5.92. The highest BCUT2D eigenvalue weighted by atomic mass is 35.5. The lowest BCUT2D eigenvalue weighted by atomic mass is 9.89. The fourth-order valence-electron chi connectivity index (χ4n) is 2.21. The van der Waals surface area contributed by atoms with E-state index in [1.807, 2.05) is 0 Å². The molecule has 1 aliphatic carbocycles. The molecule has 1 aromatic rings. The fourth-order valence-corrected chi connectivity index (χ4v) is 2.49. The van der Waals surface area contributed by atoms with E-state index in [0.29, 0.717) is 0 Å². The van der Waals surface area contributed by atoms with Crippen LogP contribution in [0.1, 0.15) is 36.0 Å². The Kier molecular flexibility index (Phi) is 3.34. The minimum Gasteiger partial charge on any atom is -0.120 e. The first-order chi connectivity index (χ1) is 7.31. The molecule has 0 aliphatic heterocycles. The molecule has 2 rings (SSSR count). The van der Waals surface area contributed by atoms with Crippen molar-refractivity contribution in [1.29, 1.82) is 0 Å². The molecule has 0 nitrogen and oxygen atoms in total. The maximum absolute atomic E-state index is 6.23. The highest BCUT2D eigenvalue weighted by molar-refractivity contribution is 6.31. The zero-order chi connectivity index (χ0) is 10.7. The summed E-state index contributed by atoms with van der Waals surface area (Å²) in [6, 6.07) is 4.40. The van der Waals surface area contributed by atoms with Crippen LogP contribution in [0.25, 0.3) is 0 Å². The average Bonchev–Trinajstić information content (AvgIpc) is 2.26. The number of hydrogen-bond acceptors (Lipinski definition) is 0. The monoisotopic (exact) mass is 218 g/mol. The molecule has 0 radical (unpaired) electrons. The normalized spacial score (nSPS) is 14.4. The standard InChI is InChI=1S/C14H15Cl/c1-2-3-6-13-9-11-7-4-5-8-12(11)10-14(13)15/h1,9-10H,3-8H2. The number of halogens is 1. The van der Waals surface area contributed by atoms with E-state index >= 15 is 0 Å². The summed E-state index contributed by atoms with van der Waals surface area (Å²) in [6.45, 7) is 0. The minimum atomic E-state index is 0.776. The lowest BCUT2D eigenvalue weighted by Crippen LogP contribution is -2.03. The number of aryl methyl sites for hydroxylation is 3. The summed E-state index contributed by atoms with van der Waals surface area (Å²) < 4.78 is 0. The molecule has 15 heavy (non-hydrogen) atoms. The van der Waals surface area contributed by atoms with Crippen molar-refractivity contribution < 1.29 is 0 Å². The van der Waals surface area contributed by atoms with Gasteiger partial charge in [0.15, 0.2) is 0 Å². The van der Waals surface area contributed by atoms with Crippen LogP contribution in [-0.2, 0) is 19.3 Å². The molecule has 0 amide bonds. The number of benzene rings is 1. The summed E-state index contributed by atoms with van der Waals surface area (Å²) in [5.41, 5.74) is 4.14. The molecular formula is C14H15Cl. The number of terminal acetylenes is 1. The van der Waals surface area contributed by atoms with Gasteiger partial charge < -0.3 is 0 Å². The molecule has 1 aromatic carbocycles. The van der Waals surface area contributed by atoms with Crippen LogP contribution < -0.4 is 0 Å². The van der Waals surface area contributed by atoms with Crippen molar-refractivity contribution in [3.05, 3.63) is 33.8 Å². The lowest BCUT2D eigenvalue weighted by Gasteiger charge is -2.17. The number of rotatable bonds is 2. The maximum Gasteiger partial charge on any atom is 0.0441 e. The van der Waals surface area contributed by atoms with Gasteiger partial charge in [0.1, 0.15) is 0 Å². The van der Waals surface area contributed by atoms with Gasteiger partial charge in [-0.1, -0.05) is 17.7 Å². The molecule has 0 atom stereocenters. The first kappa shape index (κ1) is 10.6. The zero-order valence-electron chi connectivity index (χ0n) is 8.85. The van der Waals surface area contributed by atoms with E-state index in [0.717, 1.165) is 17.9 Å². The van der Waals surface area contributed by atoms with Gasteiger partial charge in [0, 0.05) is 11.4 Å². The summed E-state index contributed by atoms with van der Waals surface area (Å²) in [6.07, 6.45) is 11.9. The molecule has 0 spiro atoms. The van der Waals surface area contributed by atoms with Gasteiger partial charge >= 0.3 is 0 Å². The van der Waals surface area contributed by atoms with E-state index in [1.165, 1.54) is 42.4 Å². The first-order valence-electron chi connectivity index (χ1n) is 5.55. The highest BCUT2D eigenvalue weighted by Crippen LogP contribution is 2.28. The molecule has 0 fully saturated rings. The smallest absolute Gasteiger partial charge is 0.0441 e. The zero-order valence-corrected chi connectivity index (χ0v) is 9.61. The van der Waals surface area contributed by atoms with Gasteiger partial charge in [0.05, 0.1) is 0 Å². The summed E-state index contributed by atoms with van der Waals surface area (Å²) in [4.78, 5) is 0. The van der Waals surface area contributed by atoms with E-state index in [2.05, 4.69) is 18.1 Å². The van der Waals surface area contributed by atoms with Crippen LogP contribution in [0.4, 0.5) is 0 Å². The third-order valence-electron chi connectivity index (χ3n) is 3.05. The largest absolute Gasteiger partial charge is 0.120 e. The number of fused-ring (bicyclic) bond motifs is 1. The Hall–Kier alpha value is -0.930. The Morgan fingerprint density at radius 2 is 1.87 bits per heavy atom. The molecule has 0 unspecified atom stereocenters. The molecular weight excluding hydrogens is 204 g/mol. The van der Waals surface area contributed by atoms with Crippen molar-refractivity contribution in [2.75, 3.05) is 0 Å². The Balaban J connectivity index is 2.28. The van der Waals surface area contributed by atoms with Gasteiger partial charge in [0.2, 0.25) is 0 Å². The van der Waals surface area contributed by atoms with Crippen molar-refractivity contribution in [2.45, 2.75) is 38.5 Å². The second-order valence-corrected chi connectivity index (χ2v) is 4.53. The Morgan fingerprint density at radius 3 is 2.53 bits per heavy atom. The van der Waals surface area contributed by atoms with Gasteiger partial charge in [0.25, 0.3) is 0 Å². The Morgan fingerprint density at radius 1 is 1.20 bits per heavy atom. The van der Waals surface area contributed by atoms with Gasteiger partial charge in [-0.25, -0.2) is 0 Å². The van der Waals surface area contributed by atoms with E-state index in [1.54, 1.807) is 0 Å². The van der Waals surface area contributed by atoms with Gasteiger partial charge in [-0.2, -0.15) is 0 Å². The average molecular weight is 219 g/mol. The van der Waals surface area contributed by atoms with Crippen molar-refractivity contribution in [1.82, 2.24) is 0 Å². The van der Waals surface area contributed by atoms with E-state index in [4.69, 9.17) is 18.0 Å². The highest BCUT2D eigenvalue weighted by Gasteiger charge is 2.12. The van der Waals surface area contributed by atoms with E-state index in [-0.39, 0.29) is 0 Å². The summed E-state index contributed by atoms with van der Waals surface area (Å²) in [5, 5.41) is 0.894. The predicted molar refractivity (Wildman–Crippen MR) is 65.2 cm³/mol. The van der Waals surface area contributed by atoms with Crippen LogP contribution in [0.3, 0.4) is 0 Å². The molecule has 0 bridgehead atoms. The Labute approximate surface area is 96.6 Å². The van der Waals surface area contributed by atoms with Crippen molar-refractivity contribution >= 4 is 11.6 Å². The van der Waals surface area contributed by atoms with Crippen LogP contribution in [0.2, 0.25) is 5.02 Å². The van der Waals surface area contributed by atoms with Crippen LogP contribution in [0, 0.1) is 12.3 Å². The van der Waals surface area contributed by atoms with Crippen LogP contribution in [-0.4, -0.2) is 0 Å². The third kappa shape index (κ3) is 2.36. The second-order valence-electron chi connectivity index (χ2n) is 4.12. The van der Waals surface area contributed by atoms with Gasteiger partial charge in [-0.05, 0) is 54.9 Å². The second kappa shape index (κ2) is 4.73. The third-order valence-corrected chi connectivity index (χ3v) is 3.40. The number of hydrogen-bond donors (Lipinski definition) is 0. The molecule has 78 valence electrons. The van der Waals surface area contributed by atoms with Crippen molar-refractivity contribution in [3.63, 3.8) is 0 Å². The lowest BCUT2D eigenvalue weighted by molar-refractivity contribution is 0.684.